The molecule has 0 saturated carbocycles. The van der Waals surface area contributed by atoms with Gasteiger partial charge in [-0.25, -0.2) is 9.97 Å². The smallest absolute Gasteiger partial charge is 0.179 e. The summed E-state index contributed by atoms with van der Waals surface area (Å²) in [4.78, 5) is 11.5. The van der Waals surface area contributed by atoms with Gasteiger partial charge in [-0.05, 0) is 53.4 Å². The number of hydrogen-bond donors (Lipinski definition) is 0. The van der Waals surface area contributed by atoms with Crippen LogP contribution in [0, 0.1) is 0 Å². The second-order valence-corrected chi connectivity index (χ2v) is 8.61. The lowest BCUT2D eigenvalue weighted by Gasteiger charge is -2.27. The SMILES string of the molecule is COc1ccc(C2CN(c3ncnc4ccccc34)CCc3c2cc(OC)c(OC)c3Cl)cc1. The molecule has 1 aliphatic rings. The minimum absolute atomic E-state index is 0.0365. The van der Waals surface area contributed by atoms with E-state index in [4.69, 9.17) is 30.8 Å². The van der Waals surface area contributed by atoms with Crippen molar-refractivity contribution in [1.82, 2.24) is 9.97 Å². The molecule has 6 nitrogen and oxygen atoms in total. The van der Waals surface area contributed by atoms with Crippen molar-refractivity contribution in [3.63, 3.8) is 0 Å². The summed E-state index contributed by atoms with van der Waals surface area (Å²) in [6.07, 6.45) is 2.39. The van der Waals surface area contributed by atoms with E-state index in [0.717, 1.165) is 58.7 Å². The van der Waals surface area contributed by atoms with E-state index in [-0.39, 0.29) is 5.92 Å². The number of benzene rings is 3. The maximum atomic E-state index is 6.90. The van der Waals surface area contributed by atoms with Crippen LogP contribution in [0.1, 0.15) is 22.6 Å². The molecule has 0 fully saturated rings. The molecule has 1 atom stereocenters. The predicted octanol–water partition coefficient (Wildman–Crippen LogP) is 5.50. The van der Waals surface area contributed by atoms with Crippen molar-refractivity contribution in [3.05, 3.63) is 82.6 Å². The van der Waals surface area contributed by atoms with Crippen molar-refractivity contribution in [2.24, 2.45) is 0 Å². The van der Waals surface area contributed by atoms with Crippen LogP contribution in [0.25, 0.3) is 10.9 Å². The maximum absolute atomic E-state index is 6.90. The Bertz CT molecular complexity index is 1320. The van der Waals surface area contributed by atoms with Gasteiger partial charge in [-0.3, -0.25) is 0 Å². The van der Waals surface area contributed by atoms with Crippen LogP contribution in [0.2, 0.25) is 5.02 Å². The first kappa shape index (κ1) is 22.3. The molecular weight excluding hydrogens is 450 g/mol. The fourth-order valence-electron chi connectivity index (χ4n) is 4.79. The average Bonchev–Trinajstić information content (AvgIpc) is 3.08. The molecule has 0 amide bonds. The average molecular weight is 476 g/mol. The Balaban J connectivity index is 1.67. The van der Waals surface area contributed by atoms with Crippen LogP contribution >= 0.6 is 11.6 Å². The molecule has 1 unspecified atom stereocenters. The van der Waals surface area contributed by atoms with Crippen LogP contribution in [-0.4, -0.2) is 44.4 Å². The monoisotopic (exact) mass is 475 g/mol. The van der Waals surface area contributed by atoms with Crippen LogP contribution in [0.4, 0.5) is 5.82 Å². The highest BCUT2D eigenvalue weighted by molar-refractivity contribution is 6.33. The Kier molecular flexibility index (Phi) is 6.16. The quantitative estimate of drug-likeness (QED) is 0.379. The number of ether oxygens (including phenoxy) is 3. The van der Waals surface area contributed by atoms with Crippen LogP contribution in [0.3, 0.4) is 0 Å². The van der Waals surface area contributed by atoms with E-state index in [2.05, 4.69) is 34.1 Å². The first-order valence-corrected chi connectivity index (χ1v) is 11.5. The lowest BCUT2D eigenvalue weighted by atomic mass is 9.87. The summed E-state index contributed by atoms with van der Waals surface area (Å²) in [6.45, 7) is 1.49. The second kappa shape index (κ2) is 9.39. The van der Waals surface area contributed by atoms with Crippen molar-refractivity contribution in [2.75, 3.05) is 39.3 Å². The third-order valence-electron chi connectivity index (χ3n) is 6.50. The normalized spacial score (nSPS) is 15.5. The zero-order valence-corrected chi connectivity index (χ0v) is 20.2. The molecule has 1 aromatic heterocycles. The van der Waals surface area contributed by atoms with Crippen molar-refractivity contribution >= 4 is 28.3 Å². The number of para-hydroxylation sites is 1. The molecule has 1 aliphatic heterocycles. The Morgan fingerprint density at radius 1 is 0.941 bits per heavy atom. The van der Waals surface area contributed by atoms with Crippen molar-refractivity contribution in [3.8, 4) is 17.2 Å². The highest BCUT2D eigenvalue weighted by atomic mass is 35.5. The number of anilines is 1. The largest absolute Gasteiger partial charge is 0.497 e. The van der Waals surface area contributed by atoms with Crippen molar-refractivity contribution in [2.45, 2.75) is 12.3 Å². The van der Waals surface area contributed by atoms with Gasteiger partial charge in [0, 0.05) is 24.4 Å². The first-order chi connectivity index (χ1) is 16.6. The van der Waals surface area contributed by atoms with Crippen LogP contribution in [-0.2, 0) is 6.42 Å². The molecule has 0 saturated heterocycles. The molecule has 5 rings (SSSR count). The summed E-state index contributed by atoms with van der Waals surface area (Å²) in [6, 6.07) is 18.4. The summed E-state index contributed by atoms with van der Waals surface area (Å²) in [7, 11) is 4.93. The number of fused-ring (bicyclic) bond motifs is 2. The lowest BCUT2D eigenvalue weighted by molar-refractivity contribution is 0.354. The highest BCUT2D eigenvalue weighted by Gasteiger charge is 2.30. The number of halogens is 1. The van der Waals surface area contributed by atoms with Gasteiger partial charge >= 0.3 is 0 Å². The predicted molar refractivity (Wildman–Crippen MR) is 135 cm³/mol. The number of aromatic nitrogens is 2. The zero-order chi connectivity index (χ0) is 23.7. The maximum Gasteiger partial charge on any atom is 0.179 e. The number of methoxy groups -OCH3 is 3. The van der Waals surface area contributed by atoms with Gasteiger partial charge in [0.15, 0.2) is 11.5 Å². The Morgan fingerprint density at radius 2 is 1.74 bits per heavy atom. The fourth-order valence-corrected chi connectivity index (χ4v) is 5.16. The van der Waals surface area contributed by atoms with Crippen molar-refractivity contribution in [1.29, 1.82) is 0 Å². The summed E-state index contributed by atoms with van der Waals surface area (Å²) >= 11 is 6.90. The third-order valence-corrected chi connectivity index (χ3v) is 6.90. The van der Waals surface area contributed by atoms with Gasteiger partial charge in [0.05, 0.1) is 31.9 Å². The summed E-state index contributed by atoms with van der Waals surface area (Å²) < 4.78 is 16.6. The Morgan fingerprint density at radius 3 is 2.47 bits per heavy atom. The molecule has 0 aliphatic carbocycles. The molecular formula is C27H26ClN3O3. The Labute approximate surface area is 204 Å². The van der Waals surface area contributed by atoms with Gasteiger partial charge in [-0.2, -0.15) is 0 Å². The zero-order valence-electron chi connectivity index (χ0n) is 19.4. The second-order valence-electron chi connectivity index (χ2n) is 8.23. The van der Waals surface area contributed by atoms with Crippen LogP contribution in [0.5, 0.6) is 17.2 Å². The summed E-state index contributed by atoms with van der Waals surface area (Å²) in [5, 5.41) is 1.63. The van der Waals surface area contributed by atoms with Gasteiger partial charge in [0.25, 0.3) is 0 Å². The number of rotatable bonds is 5. The molecule has 0 N–H and O–H groups in total. The van der Waals surface area contributed by atoms with E-state index in [1.165, 1.54) is 0 Å². The fraction of sp³-hybridized carbons (Fsp3) is 0.259. The van der Waals surface area contributed by atoms with E-state index in [0.29, 0.717) is 16.5 Å². The van der Waals surface area contributed by atoms with Crippen LogP contribution < -0.4 is 19.1 Å². The van der Waals surface area contributed by atoms with E-state index >= 15 is 0 Å². The minimum Gasteiger partial charge on any atom is -0.497 e. The standard InChI is InChI=1S/C27H26ClN3O3/c1-32-18-10-8-17(9-11-18)22-15-31(27-20-6-4-5-7-23(20)29-16-30-27)13-12-19-21(22)14-24(33-2)26(34-3)25(19)28/h4-11,14,16,22H,12-13,15H2,1-3H3. The molecule has 34 heavy (non-hydrogen) atoms. The van der Waals surface area contributed by atoms with Gasteiger partial charge in [-0.15, -0.1) is 0 Å². The van der Waals surface area contributed by atoms with Gasteiger partial charge in [0.1, 0.15) is 17.9 Å². The number of hydrogen-bond acceptors (Lipinski definition) is 6. The topological polar surface area (TPSA) is 56.7 Å². The molecule has 0 bridgehead atoms. The first-order valence-electron chi connectivity index (χ1n) is 11.2. The van der Waals surface area contributed by atoms with Gasteiger partial charge in [0.2, 0.25) is 0 Å². The molecule has 174 valence electrons. The van der Waals surface area contributed by atoms with Crippen molar-refractivity contribution < 1.29 is 14.2 Å². The highest BCUT2D eigenvalue weighted by Crippen LogP contribution is 2.45. The number of nitrogens with zero attached hydrogens (tertiary/aromatic N) is 3. The lowest BCUT2D eigenvalue weighted by Crippen LogP contribution is -2.29. The molecule has 3 aromatic carbocycles. The summed E-state index contributed by atoms with van der Waals surface area (Å²) in [5.74, 6) is 2.98. The van der Waals surface area contributed by atoms with Gasteiger partial charge in [-0.1, -0.05) is 35.9 Å². The Hall–Kier alpha value is -3.51. The third kappa shape index (κ3) is 3.88. The van der Waals surface area contributed by atoms with Crippen LogP contribution in [0.15, 0.2) is 60.9 Å². The minimum atomic E-state index is 0.0365. The molecule has 4 aromatic rings. The van der Waals surface area contributed by atoms with E-state index in [1.807, 2.05) is 30.3 Å². The summed E-state index contributed by atoms with van der Waals surface area (Å²) in [5.41, 5.74) is 4.29. The molecule has 0 radical (unpaired) electrons. The van der Waals surface area contributed by atoms with Gasteiger partial charge < -0.3 is 19.1 Å². The molecule has 0 spiro atoms. The van der Waals surface area contributed by atoms with E-state index in [1.54, 1.807) is 27.7 Å². The van der Waals surface area contributed by atoms with E-state index < -0.39 is 0 Å². The molecule has 7 heteroatoms. The molecule has 2 heterocycles. The van der Waals surface area contributed by atoms with E-state index in [9.17, 15) is 0 Å².